The van der Waals surface area contributed by atoms with Gasteiger partial charge < -0.3 is 26.0 Å². The van der Waals surface area contributed by atoms with Crippen molar-refractivity contribution >= 4 is 11.9 Å². The molecule has 0 radical (unpaired) electrons. The molecule has 0 aliphatic carbocycles. The zero-order chi connectivity index (χ0) is 20.2. The monoisotopic (exact) mass is 389 g/mol. The number of nitrogens with zero attached hydrogens (tertiary/aromatic N) is 2. The van der Waals surface area contributed by atoms with E-state index in [1.165, 1.54) is 38.1 Å². The van der Waals surface area contributed by atoms with E-state index in [1.54, 1.807) is 12.1 Å². The number of aromatic hydroxyl groups is 1. The van der Waals surface area contributed by atoms with Gasteiger partial charge in [-0.15, -0.1) is 0 Å². The van der Waals surface area contributed by atoms with Crippen molar-refractivity contribution in [1.82, 2.24) is 20.9 Å². The van der Waals surface area contributed by atoms with Gasteiger partial charge >= 0.3 is 0 Å². The zero-order valence-electron chi connectivity index (χ0n) is 17.2. The van der Waals surface area contributed by atoms with Crippen LogP contribution in [-0.2, 0) is 0 Å². The maximum absolute atomic E-state index is 12.0. The van der Waals surface area contributed by atoms with Crippen molar-refractivity contribution in [3.05, 3.63) is 29.8 Å². The van der Waals surface area contributed by atoms with Gasteiger partial charge in [0.25, 0.3) is 5.91 Å². The predicted octanol–water partition coefficient (Wildman–Crippen LogP) is 1.80. The minimum absolute atomic E-state index is 0.152. The van der Waals surface area contributed by atoms with Gasteiger partial charge in [0.15, 0.2) is 5.96 Å². The number of piperidine rings is 1. The summed E-state index contributed by atoms with van der Waals surface area (Å²) in [6, 6.07) is 6.22. The van der Waals surface area contributed by atoms with E-state index in [4.69, 9.17) is 0 Å². The van der Waals surface area contributed by atoms with Crippen molar-refractivity contribution in [1.29, 1.82) is 0 Å². The molecule has 2 rings (SSSR count). The molecule has 4 N–H and O–H groups in total. The Morgan fingerprint density at radius 2 is 1.82 bits per heavy atom. The smallest absolute Gasteiger partial charge is 0.251 e. The molecule has 1 aromatic carbocycles. The van der Waals surface area contributed by atoms with Gasteiger partial charge in [0, 0.05) is 31.7 Å². The van der Waals surface area contributed by atoms with Crippen LogP contribution >= 0.6 is 0 Å². The third kappa shape index (κ3) is 8.17. The molecule has 1 fully saturated rings. The second kappa shape index (κ2) is 12.2. The molecule has 0 aromatic heterocycles. The van der Waals surface area contributed by atoms with Gasteiger partial charge in [-0.3, -0.25) is 9.79 Å². The number of phenolic OH excluding ortho intramolecular Hbond substituents is 1. The number of benzene rings is 1. The fraction of sp³-hybridized carbons (Fsp3) is 0.619. The van der Waals surface area contributed by atoms with E-state index in [1.807, 2.05) is 6.92 Å². The van der Waals surface area contributed by atoms with Gasteiger partial charge in [-0.1, -0.05) is 6.92 Å². The van der Waals surface area contributed by atoms with E-state index >= 15 is 0 Å². The first-order chi connectivity index (χ1) is 13.6. The maximum atomic E-state index is 12.0. The Balaban J connectivity index is 1.63. The Hall–Kier alpha value is -2.28. The van der Waals surface area contributed by atoms with Crippen LogP contribution in [0.5, 0.6) is 5.75 Å². The summed E-state index contributed by atoms with van der Waals surface area (Å²) in [7, 11) is 0. The van der Waals surface area contributed by atoms with Crippen molar-refractivity contribution in [2.24, 2.45) is 10.9 Å². The SMILES string of the molecule is CCNC(=NCCCN1CCC(C)CC1)NCCNC(=O)c1ccc(O)cc1. The van der Waals surface area contributed by atoms with E-state index in [0.29, 0.717) is 18.7 Å². The van der Waals surface area contributed by atoms with Crippen molar-refractivity contribution in [2.75, 3.05) is 45.8 Å². The maximum Gasteiger partial charge on any atom is 0.251 e. The molecule has 0 saturated carbocycles. The first-order valence-corrected chi connectivity index (χ1v) is 10.4. The van der Waals surface area contributed by atoms with Gasteiger partial charge in [-0.25, -0.2) is 0 Å². The van der Waals surface area contributed by atoms with Crippen LogP contribution in [0.4, 0.5) is 0 Å². The molecule has 28 heavy (non-hydrogen) atoms. The van der Waals surface area contributed by atoms with E-state index in [9.17, 15) is 9.90 Å². The van der Waals surface area contributed by atoms with E-state index in [0.717, 1.165) is 37.9 Å². The summed E-state index contributed by atoms with van der Waals surface area (Å²) in [5, 5.41) is 18.6. The highest BCUT2D eigenvalue weighted by Crippen LogP contribution is 2.15. The third-order valence-electron chi connectivity index (χ3n) is 4.96. The van der Waals surface area contributed by atoms with Crippen molar-refractivity contribution in [2.45, 2.75) is 33.1 Å². The molecule has 1 heterocycles. The Labute approximate surface area is 168 Å². The number of nitrogens with one attached hydrogen (secondary N) is 3. The molecule has 1 aliphatic rings. The largest absolute Gasteiger partial charge is 0.508 e. The first-order valence-electron chi connectivity index (χ1n) is 10.4. The summed E-state index contributed by atoms with van der Waals surface area (Å²) in [4.78, 5) is 19.2. The lowest BCUT2D eigenvalue weighted by Crippen LogP contribution is -2.41. The minimum atomic E-state index is -0.153. The number of amides is 1. The lowest BCUT2D eigenvalue weighted by Gasteiger charge is -2.29. The third-order valence-corrected chi connectivity index (χ3v) is 4.96. The number of guanidine groups is 1. The molecule has 0 bridgehead atoms. The van der Waals surface area contributed by atoms with Crippen LogP contribution in [0.3, 0.4) is 0 Å². The standard InChI is InChI=1S/C21H35N5O2/c1-3-22-21(24-11-4-14-26-15-9-17(2)10-16-26)25-13-12-23-20(28)18-5-7-19(27)8-6-18/h5-8,17,27H,3-4,9-16H2,1-2H3,(H,23,28)(H2,22,24,25). The first kappa shape index (κ1) is 22.0. The molecule has 0 unspecified atom stereocenters. The average Bonchev–Trinajstić information content (AvgIpc) is 2.70. The van der Waals surface area contributed by atoms with Gasteiger partial charge in [-0.05, 0) is 76.0 Å². The van der Waals surface area contributed by atoms with Crippen LogP contribution in [0.2, 0.25) is 0 Å². The summed E-state index contributed by atoms with van der Waals surface area (Å²) in [6.45, 7) is 10.6. The van der Waals surface area contributed by atoms with E-state index < -0.39 is 0 Å². The van der Waals surface area contributed by atoms with E-state index in [-0.39, 0.29) is 11.7 Å². The molecule has 1 saturated heterocycles. The normalized spacial score (nSPS) is 16.0. The topological polar surface area (TPSA) is 89.0 Å². The van der Waals surface area contributed by atoms with Crippen LogP contribution < -0.4 is 16.0 Å². The summed E-state index contributed by atoms with van der Waals surface area (Å²) < 4.78 is 0. The molecule has 1 amide bonds. The van der Waals surface area contributed by atoms with Crippen LogP contribution in [0.1, 0.15) is 43.5 Å². The Bertz CT molecular complexity index is 610. The van der Waals surface area contributed by atoms with E-state index in [2.05, 4.69) is 32.8 Å². The zero-order valence-corrected chi connectivity index (χ0v) is 17.2. The second-order valence-corrected chi connectivity index (χ2v) is 7.37. The van der Waals surface area contributed by atoms with Gasteiger partial charge in [-0.2, -0.15) is 0 Å². The van der Waals surface area contributed by atoms with Crippen LogP contribution in [0, 0.1) is 5.92 Å². The molecule has 0 spiro atoms. The number of carbonyl (C=O) groups excluding carboxylic acids is 1. The molecule has 156 valence electrons. The van der Waals surface area contributed by atoms with Crippen molar-refractivity contribution in [3.63, 3.8) is 0 Å². The van der Waals surface area contributed by atoms with Crippen LogP contribution in [-0.4, -0.2) is 67.7 Å². The fourth-order valence-electron chi connectivity index (χ4n) is 3.18. The molecular weight excluding hydrogens is 354 g/mol. The Kier molecular flexibility index (Phi) is 9.62. The number of hydrogen-bond donors (Lipinski definition) is 4. The number of hydrogen-bond acceptors (Lipinski definition) is 4. The highest BCUT2D eigenvalue weighted by molar-refractivity contribution is 5.94. The molecule has 0 atom stereocenters. The highest BCUT2D eigenvalue weighted by atomic mass is 16.3. The number of likely N-dealkylation sites (tertiary alicyclic amines) is 1. The quantitative estimate of drug-likeness (QED) is 0.294. The van der Waals surface area contributed by atoms with Gasteiger partial charge in [0.2, 0.25) is 0 Å². The van der Waals surface area contributed by atoms with Crippen molar-refractivity contribution < 1.29 is 9.90 Å². The highest BCUT2D eigenvalue weighted by Gasteiger charge is 2.14. The summed E-state index contributed by atoms with van der Waals surface area (Å²) >= 11 is 0. The molecule has 1 aromatic rings. The van der Waals surface area contributed by atoms with Gasteiger partial charge in [0.05, 0.1) is 0 Å². The van der Waals surface area contributed by atoms with Crippen molar-refractivity contribution in [3.8, 4) is 5.75 Å². The van der Waals surface area contributed by atoms with Crippen LogP contribution in [0.15, 0.2) is 29.3 Å². The summed E-state index contributed by atoms with van der Waals surface area (Å²) in [5.41, 5.74) is 0.533. The molecular formula is C21H35N5O2. The molecule has 1 aliphatic heterocycles. The lowest BCUT2D eigenvalue weighted by molar-refractivity contribution is 0.0954. The number of rotatable bonds is 9. The number of phenols is 1. The second-order valence-electron chi connectivity index (χ2n) is 7.37. The van der Waals surface area contributed by atoms with Crippen LogP contribution in [0.25, 0.3) is 0 Å². The molecule has 7 nitrogen and oxygen atoms in total. The fourth-order valence-corrected chi connectivity index (χ4v) is 3.18. The molecule has 7 heteroatoms. The number of carbonyl (C=O) groups is 1. The van der Waals surface area contributed by atoms with Gasteiger partial charge in [0.1, 0.15) is 5.75 Å². The average molecular weight is 390 g/mol. The number of aliphatic imine (C=N–C) groups is 1. The Morgan fingerprint density at radius 3 is 2.50 bits per heavy atom. The lowest BCUT2D eigenvalue weighted by atomic mass is 9.99. The summed E-state index contributed by atoms with van der Waals surface area (Å²) in [6.07, 6.45) is 3.68. The minimum Gasteiger partial charge on any atom is -0.508 e. The predicted molar refractivity (Wildman–Crippen MR) is 114 cm³/mol. The summed E-state index contributed by atoms with van der Waals surface area (Å²) in [5.74, 6) is 1.65. The Morgan fingerprint density at radius 1 is 1.14 bits per heavy atom.